The van der Waals surface area contributed by atoms with E-state index >= 15 is 0 Å². The SMILES string of the molecule is O=C(CCCOc1ccc(F)cc1)N[C@@H](CO)C(=O)O. The number of hydrogen-bond donors (Lipinski definition) is 3. The van der Waals surface area contributed by atoms with Crippen LogP contribution < -0.4 is 10.1 Å². The Balaban J connectivity index is 2.22. The second-order valence-electron chi connectivity index (χ2n) is 4.05. The Labute approximate surface area is 115 Å². The summed E-state index contributed by atoms with van der Waals surface area (Å²) in [5.74, 6) is -1.64. The molecule has 1 atom stereocenters. The Hall–Kier alpha value is -2.15. The second kappa shape index (κ2) is 8.11. The lowest BCUT2D eigenvalue weighted by atomic mass is 10.2. The van der Waals surface area contributed by atoms with Crippen molar-refractivity contribution in [2.45, 2.75) is 18.9 Å². The topological polar surface area (TPSA) is 95.9 Å². The van der Waals surface area contributed by atoms with Crippen LogP contribution in [0, 0.1) is 5.82 Å². The Morgan fingerprint density at radius 1 is 1.30 bits per heavy atom. The van der Waals surface area contributed by atoms with E-state index in [1.54, 1.807) is 0 Å². The molecule has 1 aromatic rings. The number of carbonyl (C=O) groups excluding carboxylic acids is 1. The Morgan fingerprint density at radius 2 is 1.95 bits per heavy atom. The van der Waals surface area contributed by atoms with Crippen LogP contribution >= 0.6 is 0 Å². The van der Waals surface area contributed by atoms with Crippen molar-refractivity contribution in [2.75, 3.05) is 13.2 Å². The minimum atomic E-state index is -1.29. The van der Waals surface area contributed by atoms with Gasteiger partial charge in [0.15, 0.2) is 0 Å². The summed E-state index contributed by atoms with van der Waals surface area (Å²) in [6.45, 7) is -0.414. The van der Waals surface area contributed by atoms with Gasteiger partial charge in [-0.25, -0.2) is 9.18 Å². The number of ether oxygens (including phenoxy) is 1. The molecule has 110 valence electrons. The zero-order chi connectivity index (χ0) is 15.0. The monoisotopic (exact) mass is 285 g/mol. The molecule has 0 radical (unpaired) electrons. The standard InChI is InChI=1S/C13H16FNO5/c14-9-3-5-10(6-4-9)20-7-1-2-12(17)15-11(8-16)13(18)19/h3-6,11,16H,1-2,7-8H2,(H,15,17)(H,18,19)/t11-/m0/s1. The van der Waals surface area contributed by atoms with Crippen LogP contribution in [-0.4, -0.2) is 41.3 Å². The number of carboxylic acid groups (broad SMARTS) is 1. The van der Waals surface area contributed by atoms with Crippen LogP contribution in [0.2, 0.25) is 0 Å². The van der Waals surface area contributed by atoms with Gasteiger partial charge >= 0.3 is 5.97 Å². The number of halogens is 1. The lowest BCUT2D eigenvalue weighted by Gasteiger charge is -2.11. The van der Waals surface area contributed by atoms with Crippen LogP contribution in [0.15, 0.2) is 24.3 Å². The first kappa shape index (κ1) is 15.9. The number of aliphatic carboxylic acids is 1. The normalized spacial score (nSPS) is 11.7. The van der Waals surface area contributed by atoms with E-state index in [1.165, 1.54) is 24.3 Å². The van der Waals surface area contributed by atoms with E-state index in [-0.39, 0.29) is 18.8 Å². The van der Waals surface area contributed by atoms with Crippen LogP contribution in [0.4, 0.5) is 4.39 Å². The van der Waals surface area contributed by atoms with Crippen LogP contribution in [0.25, 0.3) is 0 Å². The number of rotatable bonds is 8. The van der Waals surface area contributed by atoms with E-state index in [2.05, 4.69) is 5.32 Å². The number of nitrogens with one attached hydrogen (secondary N) is 1. The zero-order valence-corrected chi connectivity index (χ0v) is 10.7. The fraction of sp³-hybridized carbons (Fsp3) is 0.385. The average Bonchev–Trinajstić information content (AvgIpc) is 2.42. The Kier molecular flexibility index (Phi) is 6.45. The Bertz CT molecular complexity index is 449. The molecule has 6 nitrogen and oxygen atoms in total. The lowest BCUT2D eigenvalue weighted by molar-refractivity contribution is -0.142. The summed E-state index contributed by atoms with van der Waals surface area (Å²) in [6, 6.07) is 4.19. The highest BCUT2D eigenvalue weighted by atomic mass is 19.1. The number of aliphatic hydroxyl groups is 1. The highest BCUT2D eigenvalue weighted by Crippen LogP contribution is 2.11. The van der Waals surface area contributed by atoms with Crippen LogP contribution in [0.3, 0.4) is 0 Å². The molecule has 0 fully saturated rings. The van der Waals surface area contributed by atoms with Gasteiger partial charge in [-0.3, -0.25) is 4.79 Å². The van der Waals surface area contributed by atoms with Crippen molar-refractivity contribution in [1.29, 1.82) is 0 Å². The molecule has 20 heavy (non-hydrogen) atoms. The molecule has 3 N–H and O–H groups in total. The summed E-state index contributed by atoms with van der Waals surface area (Å²) in [6.07, 6.45) is 0.450. The molecule has 0 heterocycles. The molecule has 0 aromatic heterocycles. The number of amides is 1. The van der Waals surface area contributed by atoms with Gasteiger partial charge in [0.25, 0.3) is 0 Å². The highest BCUT2D eigenvalue weighted by Gasteiger charge is 2.18. The Morgan fingerprint density at radius 3 is 2.50 bits per heavy atom. The molecular formula is C13H16FNO5. The maximum absolute atomic E-state index is 12.6. The lowest BCUT2D eigenvalue weighted by Crippen LogP contribution is -2.43. The first-order chi connectivity index (χ1) is 9.52. The maximum Gasteiger partial charge on any atom is 0.328 e. The molecule has 0 bridgehead atoms. The van der Waals surface area contributed by atoms with Crippen LogP contribution in [0.5, 0.6) is 5.75 Å². The summed E-state index contributed by atoms with van der Waals surface area (Å²) in [4.78, 5) is 22.0. The third-order valence-electron chi connectivity index (χ3n) is 2.45. The molecule has 0 saturated carbocycles. The number of carboxylic acids is 1. The molecule has 1 rings (SSSR count). The summed E-state index contributed by atoms with van der Waals surface area (Å²) < 4.78 is 17.9. The average molecular weight is 285 g/mol. The maximum atomic E-state index is 12.6. The summed E-state index contributed by atoms with van der Waals surface area (Å²) in [5.41, 5.74) is 0. The third kappa shape index (κ3) is 5.66. The molecule has 0 aliphatic heterocycles. The van der Waals surface area contributed by atoms with Gasteiger partial charge in [-0.15, -0.1) is 0 Å². The molecule has 0 saturated heterocycles. The van der Waals surface area contributed by atoms with Gasteiger partial charge in [0.2, 0.25) is 5.91 Å². The number of benzene rings is 1. The minimum absolute atomic E-state index is 0.0744. The van der Waals surface area contributed by atoms with Crippen molar-refractivity contribution >= 4 is 11.9 Å². The number of aliphatic hydroxyl groups excluding tert-OH is 1. The molecule has 0 aliphatic carbocycles. The zero-order valence-electron chi connectivity index (χ0n) is 10.7. The largest absolute Gasteiger partial charge is 0.494 e. The van der Waals surface area contributed by atoms with E-state index < -0.39 is 24.5 Å². The first-order valence-electron chi connectivity index (χ1n) is 6.04. The van der Waals surface area contributed by atoms with Crippen LogP contribution in [-0.2, 0) is 9.59 Å². The van der Waals surface area contributed by atoms with Gasteiger partial charge in [-0.2, -0.15) is 0 Å². The third-order valence-corrected chi connectivity index (χ3v) is 2.45. The smallest absolute Gasteiger partial charge is 0.328 e. The molecular weight excluding hydrogens is 269 g/mol. The van der Waals surface area contributed by atoms with Crippen molar-refractivity contribution in [3.8, 4) is 5.75 Å². The van der Waals surface area contributed by atoms with Gasteiger partial charge in [-0.05, 0) is 30.7 Å². The van der Waals surface area contributed by atoms with Gasteiger partial charge in [0, 0.05) is 6.42 Å². The van der Waals surface area contributed by atoms with E-state index in [4.69, 9.17) is 14.9 Å². The molecule has 0 spiro atoms. The van der Waals surface area contributed by atoms with Gasteiger partial charge < -0.3 is 20.3 Å². The molecule has 0 aliphatic rings. The fourth-order valence-corrected chi connectivity index (χ4v) is 1.41. The second-order valence-corrected chi connectivity index (χ2v) is 4.05. The highest BCUT2D eigenvalue weighted by molar-refractivity contribution is 5.83. The van der Waals surface area contributed by atoms with Crippen LogP contribution in [0.1, 0.15) is 12.8 Å². The first-order valence-corrected chi connectivity index (χ1v) is 6.04. The quantitative estimate of drug-likeness (QED) is 0.606. The van der Waals surface area contributed by atoms with Gasteiger partial charge in [0.05, 0.1) is 13.2 Å². The molecule has 1 aromatic carbocycles. The summed E-state index contributed by atoms with van der Waals surface area (Å²) in [5, 5.41) is 19.6. The van der Waals surface area contributed by atoms with E-state index in [0.29, 0.717) is 12.2 Å². The minimum Gasteiger partial charge on any atom is -0.494 e. The summed E-state index contributed by atoms with van der Waals surface area (Å²) >= 11 is 0. The van der Waals surface area contributed by atoms with E-state index in [1.807, 2.05) is 0 Å². The molecule has 7 heteroatoms. The van der Waals surface area contributed by atoms with Crippen molar-refractivity contribution in [3.63, 3.8) is 0 Å². The van der Waals surface area contributed by atoms with Crippen molar-refractivity contribution in [3.05, 3.63) is 30.1 Å². The molecule has 1 amide bonds. The number of carbonyl (C=O) groups is 2. The van der Waals surface area contributed by atoms with Gasteiger partial charge in [0.1, 0.15) is 17.6 Å². The fourth-order valence-electron chi connectivity index (χ4n) is 1.41. The molecule has 0 unspecified atom stereocenters. The van der Waals surface area contributed by atoms with E-state index in [0.717, 1.165) is 0 Å². The van der Waals surface area contributed by atoms with Crippen molar-refractivity contribution in [1.82, 2.24) is 5.32 Å². The predicted octanol–water partition coefficient (Wildman–Crippen LogP) is 0.546. The number of hydrogen-bond acceptors (Lipinski definition) is 4. The predicted molar refractivity (Wildman–Crippen MR) is 67.8 cm³/mol. The van der Waals surface area contributed by atoms with Gasteiger partial charge in [-0.1, -0.05) is 0 Å². The van der Waals surface area contributed by atoms with Crippen molar-refractivity contribution in [2.24, 2.45) is 0 Å². The van der Waals surface area contributed by atoms with E-state index in [9.17, 15) is 14.0 Å². The summed E-state index contributed by atoms with van der Waals surface area (Å²) in [7, 11) is 0. The van der Waals surface area contributed by atoms with Crippen molar-refractivity contribution < 1.29 is 28.9 Å².